The molecule has 0 unspecified atom stereocenters. The summed E-state index contributed by atoms with van der Waals surface area (Å²) in [6.45, 7) is 7.12. The number of amides is 2. The van der Waals surface area contributed by atoms with Gasteiger partial charge in [-0.25, -0.2) is 14.6 Å². The van der Waals surface area contributed by atoms with Gasteiger partial charge in [-0.05, 0) is 82.2 Å². The predicted molar refractivity (Wildman–Crippen MR) is 140 cm³/mol. The zero-order valence-corrected chi connectivity index (χ0v) is 22.9. The summed E-state index contributed by atoms with van der Waals surface area (Å²) in [6.07, 6.45) is -1.29. The number of benzene rings is 1. The monoisotopic (exact) mass is 565 g/mol. The van der Waals surface area contributed by atoms with E-state index in [1.165, 1.54) is 17.0 Å². The van der Waals surface area contributed by atoms with E-state index in [0.717, 1.165) is 31.2 Å². The molecule has 0 saturated heterocycles. The molecule has 2 N–H and O–H groups in total. The summed E-state index contributed by atoms with van der Waals surface area (Å²) in [5.41, 5.74) is -1.30. The lowest BCUT2D eigenvalue weighted by atomic mass is 9.82. The van der Waals surface area contributed by atoms with Crippen LogP contribution in [-0.2, 0) is 22.3 Å². The molecular formula is C28H34F3N3O6. The Hall–Kier alpha value is -3.83. The highest BCUT2D eigenvalue weighted by molar-refractivity contribution is 6.03. The average Bonchev–Trinajstić information content (AvgIpc) is 2.88. The van der Waals surface area contributed by atoms with Crippen molar-refractivity contribution in [2.45, 2.75) is 72.1 Å². The van der Waals surface area contributed by atoms with Gasteiger partial charge in [0.2, 0.25) is 11.8 Å². The van der Waals surface area contributed by atoms with E-state index in [2.05, 4.69) is 17.2 Å². The third kappa shape index (κ3) is 7.64. The van der Waals surface area contributed by atoms with Crippen LogP contribution < -0.4 is 15.0 Å². The first kappa shape index (κ1) is 30.7. The first-order valence-electron chi connectivity index (χ1n) is 13.2. The van der Waals surface area contributed by atoms with Crippen LogP contribution in [0.2, 0.25) is 0 Å². The summed E-state index contributed by atoms with van der Waals surface area (Å²) in [5, 5.41) is 12.3. The Morgan fingerprint density at radius 2 is 1.82 bits per heavy atom. The van der Waals surface area contributed by atoms with Crippen molar-refractivity contribution >= 4 is 23.7 Å². The lowest BCUT2D eigenvalue weighted by Gasteiger charge is -2.34. The Kier molecular flexibility index (Phi) is 9.99. The molecule has 1 aliphatic rings. The number of aromatic nitrogens is 1. The number of nitrogens with zero attached hydrogens (tertiary/aromatic N) is 2. The Bertz CT molecular complexity index is 1230. The van der Waals surface area contributed by atoms with Crippen molar-refractivity contribution in [3.8, 4) is 11.6 Å². The Labute approximate surface area is 230 Å². The SMILES string of the molecule is CCOC(=O)NCc1cnc(Oc2ccc(N(C(=O)[C@H]3CC[C@H](C)CC3)C(C)C)c(C(=O)O)c2)c(C(F)(F)F)c1. The van der Waals surface area contributed by atoms with Crippen LogP contribution in [0, 0.1) is 11.8 Å². The summed E-state index contributed by atoms with van der Waals surface area (Å²) in [6, 6.07) is 4.19. The molecule has 0 radical (unpaired) electrons. The number of carbonyl (C=O) groups excluding carboxylic acids is 2. The van der Waals surface area contributed by atoms with E-state index in [4.69, 9.17) is 9.47 Å². The lowest BCUT2D eigenvalue weighted by Crippen LogP contribution is -2.42. The second kappa shape index (κ2) is 13.0. The van der Waals surface area contributed by atoms with Crippen molar-refractivity contribution in [1.29, 1.82) is 0 Å². The van der Waals surface area contributed by atoms with E-state index in [9.17, 15) is 32.7 Å². The Morgan fingerprint density at radius 3 is 2.40 bits per heavy atom. The van der Waals surface area contributed by atoms with Crippen molar-refractivity contribution in [1.82, 2.24) is 10.3 Å². The van der Waals surface area contributed by atoms with E-state index < -0.39 is 29.7 Å². The van der Waals surface area contributed by atoms with Crippen molar-refractivity contribution < 1.29 is 42.1 Å². The van der Waals surface area contributed by atoms with E-state index >= 15 is 0 Å². The molecule has 218 valence electrons. The van der Waals surface area contributed by atoms with Gasteiger partial charge in [-0.2, -0.15) is 13.2 Å². The van der Waals surface area contributed by atoms with Crippen molar-refractivity contribution in [3.63, 3.8) is 0 Å². The second-order valence-electron chi connectivity index (χ2n) is 10.1. The van der Waals surface area contributed by atoms with Crippen molar-refractivity contribution in [2.24, 2.45) is 11.8 Å². The van der Waals surface area contributed by atoms with Crippen LogP contribution in [0.25, 0.3) is 0 Å². The van der Waals surface area contributed by atoms with Gasteiger partial charge >= 0.3 is 18.2 Å². The number of nitrogens with one attached hydrogen (secondary N) is 1. The van der Waals surface area contributed by atoms with Crippen molar-refractivity contribution in [2.75, 3.05) is 11.5 Å². The van der Waals surface area contributed by atoms with Crippen LogP contribution in [0.15, 0.2) is 30.5 Å². The summed E-state index contributed by atoms with van der Waals surface area (Å²) in [4.78, 5) is 42.4. The molecule has 1 aliphatic carbocycles. The molecule has 1 saturated carbocycles. The highest BCUT2D eigenvalue weighted by Gasteiger charge is 2.36. The van der Waals surface area contributed by atoms with Crippen LogP contribution in [0.1, 0.15) is 74.9 Å². The lowest BCUT2D eigenvalue weighted by molar-refractivity contribution is -0.139. The van der Waals surface area contributed by atoms with Gasteiger partial charge in [0.15, 0.2) is 0 Å². The van der Waals surface area contributed by atoms with E-state index in [0.29, 0.717) is 18.8 Å². The first-order valence-corrected chi connectivity index (χ1v) is 13.2. The maximum absolute atomic E-state index is 13.8. The number of carbonyl (C=O) groups is 3. The van der Waals surface area contributed by atoms with Crippen LogP contribution in [0.4, 0.5) is 23.7 Å². The third-order valence-corrected chi connectivity index (χ3v) is 6.72. The summed E-state index contributed by atoms with van der Waals surface area (Å²) in [5.74, 6) is -2.22. The summed E-state index contributed by atoms with van der Waals surface area (Å²) < 4.78 is 51.6. The first-order chi connectivity index (χ1) is 18.8. The molecular weight excluding hydrogens is 531 g/mol. The molecule has 3 rings (SSSR count). The molecule has 9 nitrogen and oxygen atoms in total. The smallest absolute Gasteiger partial charge is 0.421 e. The molecule has 0 aliphatic heterocycles. The number of aromatic carboxylic acids is 1. The quantitative estimate of drug-likeness (QED) is 0.361. The fourth-order valence-electron chi connectivity index (χ4n) is 4.66. The second-order valence-corrected chi connectivity index (χ2v) is 10.1. The van der Waals surface area contributed by atoms with Crippen LogP contribution >= 0.6 is 0 Å². The Morgan fingerprint density at radius 1 is 1.15 bits per heavy atom. The zero-order valence-electron chi connectivity index (χ0n) is 22.9. The van der Waals surface area contributed by atoms with E-state index in [1.807, 2.05) is 0 Å². The number of halogens is 3. The molecule has 0 spiro atoms. The van der Waals surface area contributed by atoms with Crippen LogP contribution in [0.3, 0.4) is 0 Å². The van der Waals surface area contributed by atoms with E-state index in [-0.39, 0.29) is 53.6 Å². The number of rotatable bonds is 9. The van der Waals surface area contributed by atoms with Gasteiger partial charge in [-0.1, -0.05) is 6.92 Å². The van der Waals surface area contributed by atoms with Gasteiger partial charge in [0, 0.05) is 24.7 Å². The van der Waals surface area contributed by atoms with Crippen LogP contribution in [-0.4, -0.2) is 40.7 Å². The molecule has 2 amide bonds. The third-order valence-electron chi connectivity index (χ3n) is 6.72. The van der Waals surface area contributed by atoms with Gasteiger partial charge in [0.25, 0.3) is 0 Å². The maximum Gasteiger partial charge on any atom is 0.421 e. The number of alkyl carbamates (subject to hydrolysis) is 1. The standard InChI is InChI=1S/C28H34F3N3O6/c1-5-39-27(38)33-15-18-12-22(28(29,30)31)24(32-14-18)40-20-10-11-23(21(13-20)26(36)37)34(16(2)3)25(35)19-8-6-17(4)7-9-19/h10-14,16-17,19H,5-9,15H2,1-4H3,(H,33,38)(H,36,37)/t17-,19-. The van der Waals surface area contributed by atoms with Crippen LogP contribution in [0.5, 0.6) is 11.6 Å². The molecule has 0 atom stereocenters. The largest absolute Gasteiger partial charge is 0.478 e. The number of anilines is 1. The average molecular weight is 566 g/mol. The number of alkyl halides is 3. The predicted octanol–water partition coefficient (Wildman–Crippen LogP) is 6.40. The van der Waals surface area contributed by atoms with Crippen molar-refractivity contribution in [3.05, 3.63) is 47.2 Å². The molecule has 1 aromatic heterocycles. The van der Waals surface area contributed by atoms with Gasteiger partial charge in [0.1, 0.15) is 11.3 Å². The molecule has 1 fully saturated rings. The number of carboxylic acids is 1. The van der Waals surface area contributed by atoms with E-state index in [1.54, 1.807) is 20.8 Å². The normalized spacial score (nSPS) is 17.3. The summed E-state index contributed by atoms with van der Waals surface area (Å²) >= 11 is 0. The Balaban J connectivity index is 1.91. The molecule has 0 bridgehead atoms. The molecule has 1 aromatic carbocycles. The number of hydrogen-bond donors (Lipinski definition) is 2. The minimum absolute atomic E-state index is 0.0532. The highest BCUT2D eigenvalue weighted by atomic mass is 19.4. The number of carboxylic acid groups (broad SMARTS) is 1. The zero-order chi connectivity index (χ0) is 29.6. The summed E-state index contributed by atoms with van der Waals surface area (Å²) in [7, 11) is 0. The molecule has 12 heteroatoms. The number of ether oxygens (including phenoxy) is 2. The molecule has 2 aromatic rings. The van der Waals surface area contributed by atoms with Gasteiger partial charge in [-0.3, -0.25) is 4.79 Å². The van der Waals surface area contributed by atoms with Gasteiger partial charge in [0.05, 0.1) is 17.9 Å². The molecule has 40 heavy (non-hydrogen) atoms. The number of hydrogen-bond acceptors (Lipinski definition) is 6. The maximum atomic E-state index is 13.8. The fourth-order valence-corrected chi connectivity index (χ4v) is 4.66. The van der Waals surface area contributed by atoms with Gasteiger partial charge < -0.3 is 24.8 Å². The highest BCUT2D eigenvalue weighted by Crippen LogP contribution is 2.39. The topological polar surface area (TPSA) is 118 Å². The minimum atomic E-state index is -4.85. The fraction of sp³-hybridized carbons (Fsp3) is 0.500. The number of pyridine rings is 1. The van der Waals surface area contributed by atoms with Gasteiger partial charge in [-0.15, -0.1) is 0 Å². The molecule has 1 heterocycles. The minimum Gasteiger partial charge on any atom is -0.478 e.